The van der Waals surface area contributed by atoms with Gasteiger partial charge in [0.15, 0.2) is 5.78 Å². The highest BCUT2D eigenvalue weighted by Crippen LogP contribution is 2.30. The molecule has 0 aromatic heterocycles. The number of ether oxygens (including phenoxy) is 3. The summed E-state index contributed by atoms with van der Waals surface area (Å²) in [5, 5.41) is 0. The molecule has 0 aliphatic heterocycles. The van der Waals surface area contributed by atoms with Gasteiger partial charge in [-0.05, 0) is 18.6 Å². The van der Waals surface area contributed by atoms with Crippen LogP contribution in [0.5, 0.6) is 11.5 Å². The van der Waals surface area contributed by atoms with Crippen LogP contribution in [0.1, 0.15) is 33.2 Å². The van der Waals surface area contributed by atoms with Crippen LogP contribution in [0.15, 0.2) is 42.5 Å². The lowest BCUT2D eigenvalue weighted by Crippen LogP contribution is -2.09. The van der Waals surface area contributed by atoms with Gasteiger partial charge in [0.1, 0.15) is 23.7 Å². The van der Waals surface area contributed by atoms with Gasteiger partial charge in [0.25, 0.3) is 0 Å². The molecule has 5 nitrogen and oxygen atoms in total. The van der Waals surface area contributed by atoms with Gasteiger partial charge in [-0.15, -0.1) is 0 Å². The number of ketones is 1. The van der Waals surface area contributed by atoms with Gasteiger partial charge in [0.2, 0.25) is 0 Å². The fraction of sp³-hybridized carbons (Fsp3) is 0.222. The Kier molecular flexibility index (Phi) is 5.36. The van der Waals surface area contributed by atoms with Crippen molar-refractivity contribution in [2.45, 2.75) is 13.5 Å². The number of hydrogen-bond acceptors (Lipinski definition) is 5. The van der Waals surface area contributed by atoms with Crippen LogP contribution >= 0.6 is 0 Å². The van der Waals surface area contributed by atoms with Crippen molar-refractivity contribution in [3.8, 4) is 11.5 Å². The standard InChI is InChI=1S/C18H18O5/c1-12(19)14-9-15(18(20)22-3)17(10-16(14)21-2)23-11-13-7-5-4-6-8-13/h4-10H,11H2,1-3H3. The highest BCUT2D eigenvalue weighted by Gasteiger charge is 2.20. The predicted octanol–water partition coefficient (Wildman–Crippen LogP) is 3.26. The van der Waals surface area contributed by atoms with E-state index < -0.39 is 5.97 Å². The minimum absolute atomic E-state index is 0.189. The highest BCUT2D eigenvalue weighted by atomic mass is 16.5. The summed E-state index contributed by atoms with van der Waals surface area (Å²) in [6, 6.07) is 12.5. The van der Waals surface area contributed by atoms with E-state index in [1.54, 1.807) is 0 Å². The monoisotopic (exact) mass is 314 g/mol. The van der Waals surface area contributed by atoms with Crippen LogP contribution in [-0.4, -0.2) is 26.0 Å². The van der Waals surface area contributed by atoms with E-state index in [0.717, 1.165) is 5.56 Å². The van der Waals surface area contributed by atoms with Gasteiger partial charge in [0, 0.05) is 6.07 Å². The van der Waals surface area contributed by atoms with E-state index >= 15 is 0 Å². The van der Waals surface area contributed by atoms with Crippen LogP contribution in [-0.2, 0) is 11.3 Å². The summed E-state index contributed by atoms with van der Waals surface area (Å²) >= 11 is 0. The number of methoxy groups -OCH3 is 2. The third-order valence-corrected chi connectivity index (χ3v) is 3.32. The van der Waals surface area contributed by atoms with Crippen molar-refractivity contribution < 1.29 is 23.8 Å². The lowest BCUT2D eigenvalue weighted by atomic mass is 10.1. The van der Waals surface area contributed by atoms with Crippen LogP contribution in [0.25, 0.3) is 0 Å². The Labute approximate surface area is 134 Å². The van der Waals surface area contributed by atoms with Crippen LogP contribution in [0.4, 0.5) is 0 Å². The number of esters is 1. The molecule has 0 bridgehead atoms. The molecule has 0 atom stereocenters. The first-order valence-electron chi connectivity index (χ1n) is 7.04. The van der Waals surface area contributed by atoms with Gasteiger partial charge >= 0.3 is 5.97 Å². The maximum Gasteiger partial charge on any atom is 0.341 e. The molecule has 5 heteroatoms. The molecular weight excluding hydrogens is 296 g/mol. The molecule has 0 heterocycles. The minimum Gasteiger partial charge on any atom is -0.496 e. The zero-order valence-electron chi connectivity index (χ0n) is 13.3. The van der Waals surface area contributed by atoms with E-state index in [2.05, 4.69) is 0 Å². The van der Waals surface area contributed by atoms with E-state index in [-0.39, 0.29) is 18.0 Å². The number of benzene rings is 2. The highest BCUT2D eigenvalue weighted by molar-refractivity contribution is 6.01. The van der Waals surface area contributed by atoms with Gasteiger partial charge in [0.05, 0.1) is 19.8 Å². The molecule has 23 heavy (non-hydrogen) atoms. The zero-order valence-corrected chi connectivity index (χ0v) is 13.3. The molecule has 0 aliphatic carbocycles. The van der Waals surface area contributed by atoms with Gasteiger partial charge < -0.3 is 14.2 Å². The molecule has 0 saturated heterocycles. The van der Waals surface area contributed by atoms with Gasteiger partial charge in [-0.1, -0.05) is 30.3 Å². The summed E-state index contributed by atoms with van der Waals surface area (Å²) in [4.78, 5) is 23.7. The largest absolute Gasteiger partial charge is 0.496 e. The zero-order chi connectivity index (χ0) is 16.8. The first kappa shape index (κ1) is 16.5. The molecular formula is C18H18O5. The fourth-order valence-corrected chi connectivity index (χ4v) is 2.13. The number of hydrogen-bond donors (Lipinski definition) is 0. The smallest absolute Gasteiger partial charge is 0.341 e. The summed E-state index contributed by atoms with van der Waals surface area (Å²) in [5.41, 5.74) is 1.45. The maximum absolute atomic E-state index is 12.0. The average molecular weight is 314 g/mol. The van der Waals surface area contributed by atoms with Crippen LogP contribution in [0, 0.1) is 0 Å². The molecule has 120 valence electrons. The van der Waals surface area contributed by atoms with Crippen molar-refractivity contribution in [1.29, 1.82) is 0 Å². The Hall–Kier alpha value is -2.82. The minimum atomic E-state index is -0.571. The maximum atomic E-state index is 12.0. The lowest BCUT2D eigenvalue weighted by molar-refractivity contribution is 0.0595. The molecule has 2 aromatic carbocycles. The van der Waals surface area contributed by atoms with Crippen molar-refractivity contribution >= 4 is 11.8 Å². The van der Waals surface area contributed by atoms with Crippen molar-refractivity contribution in [3.63, 3.8) is 0 Å². The van der Waals surface area contributed by atoms with Crippen LogP contribution in [0.2, 0.25) is 0 Å². The topological polar surface area (TPSA) is 61.8 Å². The Morgan fingerprint density at radius 1 is 0.957 bits per heavy atom. The first-order valence-corrected chi connectivity index (χ1v) is 7.04. The summed E-state index contributed by atoms with van der Waals surface area (Å²) in [6.07, 6.45) is 0. The van der Waals surface area contributed by atoms with Crippen LogP contribution < -0.4 is 9.47 Å². The number of rotatable bonds is 6. The molecule has 0 amide bonds. The molecule has 0 aliphatic rings. The van der Waals surface area contributed by atoms with E-state index in [0.29, 0.717) is 17.1 Å². The third kappa shape index (κ3) is 3.88. The molecule has 2 aromatic rings. The van der Waals surface area contributed by atoms with E-state index in [4.69, 9.17) is 14.2 Å². The summed E-state index contributed by atoms with van der Waals surface area (Å²) in [5.74, 6) is -0.115. The van der Waals surface area contributed by atoms with E-state index in [1.807, 2.05) is 30.3 Å². The molecule has 0 radical (unpaired) electrons. The first-order chi connectivity index (χ1) is 11.1. The molecule has 0 unspecified atom stereocenters. The van der Waals surface area contributed by atoms with Gasteiger partial charge in [-0.25, -0.2) is 4.79 Å². The van der Waals surface area contributed by atoms with Crippen molar-refractivity contribution in [2.75, 3.05) is 14.2 Å². The van der Waals surface area contributed by atoms with Crippen LogP contribution in [0.3, 0.4) is 0 Å². The fourth-order valence-electron chi connectivity index (χ4n) is 2.13. The van der Waals surface area contributed by atoms with Crippen molar-refractivity contribution in [2.24, 2.45) is 0 Å². The number of carbonyl (C=O) groups is 2. The SMILES string of the molecule is COC(=O)c1cc(C(C)=O)c(OC)cc1OCc1ccccc1. The van der Waals surface area contributed by atoms with Gasteiger partial charge in [-0.2, -0.15) is 0 Å². The Balaban J connectivity index is 2.39. The second kappa shape index (κ2) is 7.45. The lowest BCUT2D eigenvalue weighted by Gasteiger charge is -2.14. The second-order valence-electron chi connectivity index (χ2n) is 4.87. The second-order valence-corrected chi connectivity index (χ2v) is 4.87. The summed E-state index contributed by atoms with van der Waals surface area (Å²) in [7, 11) is 2.74. The molecule has 0 saturated carbocycles. The summed E-state index contributed by atoms with van der Waals surface area (Å²) in [6.45, 7) is 1.69. The van der Waals surface area contributed by atoms with Gasteiger partial charge in [-0.3, -0.25) is 4.79 Å². The van der Waals surface area contributed by atoms with E-state index in [1.165, 1.54) is 33.3 Å². The summed E-state index contributed by atoms with van der Waals surface area (Å²) < 4.78 is 15.7. The normalized spacial score (nSPS) is 10.0. The average Bonchev–Trinajstić information content (AvgIpc) is 2.59. The van der Waals surface area contributed by atoms with Crippen molar-refractivity contribution in [1.82, 2.24) is 0 Å². The molecule has 0 N–H and O–H groups in total. The Morgan fingerprint density at radius 2 is 1.65 bits per heavy atom. The quantitative estimate of drug-likeness (QED) is 0.605. The third-order valence-electron chi connectivity index (χ3n) is 3.32. The molecule has 2 rings (SSSR count). The number of Topliss-reactive ketones (excluding diaryl/α,β-unsaturated/α-hetero) is 1. The molecule has 0 fully saturated rings. The van der Waals surface area contributed by atoms with E-state index in [9.17, 15) is 9.59 Å². The Morgan fingerprint density at radius 3 is 2.22 bits per heavy atom. The Bertz CT molecular complexity index is 707. The van der Waals surface area contributed by atoms with Crippen molar-refractivity contribution in [3.05, 3.63) is 59.2 Å². The molecule has 0 spiro atoms. The number of carbonyl (C=O) groups excluding carboxylic acids is 2. The predicted molar refractivity (Wildman–Crippen MR) is 85.1 cm³/mol.